The number of unbranched alkanes of at least 4 members (excludes halogenated alkanes) is 2. The summed E-state index contributed by atoms with van der Waals surface area (Å²) in [5, 5.41) is 29.7. The van der Waals surface area contributed by atoms with Crippen molar-refractivity contribution in [3.8, 4) is 0 Å². The predicted molar refractivity (Wildman–Crippen MR) is 113 cm³/mol. The largest absolute Gasteiger partial charge is 0.481 e. The number of aliphatic hydroxyl groups is 2. The molecule has 4 atom stereocenters. The van der Waals surface area contributed by atoms with Crippen LogP contribution in [0.1, 0.15) is 84.0 Å². The van der Waals surface area contributed by atoms with Crippen LogP contribution in [0.5, 0.6) is 0 Å². The van der Waals surface area contributed by atoms with Gasteiger partial charge in [0, 0.05) is 24.7 Å². The molecule has 1 unspecified atom stereocenters. The number of allylic oxidation sites excluding steroid dienone is 2. The molecule has 5 nitrogen and oxygen atoms in total. The van der Waals surface area contributed by atoms with Crippen LogP contribution in [0.15, 0.2) is 24.3 Å². The van der Waals surface area contributed by atoms with Gasteiger partial charge in [-0.25, -0.2) is 0 Å². The van der Waals surface area contributed by atoms with Crippen LogP contribution in [0.3, 0.4) is 0 Å². The average molecular weight is 407 g/mol. The smallest absolute Gasteiger partial charge is 0.303 e. The molecule has 0 amide bonds. The number of rotatable bonds is 13. The van der Waals surface area contributed by atoms with Crippen molar-refractivity contribution in [3.63, 3.8) is 0 Å². The summed E-state index contributed by atoms with van der Waals surface area (Å²) in [6.45, 7) is 2.18. The summed E-state index contributed by atoms with van der Waals surface area (Å²) in [6, 6.07) is 0. The Hall–Kier alpha value is -1.46. The first-order chi connectivity index (χ1) is 13.9. The maximum absolute atomic E-state index is 12.3. The lowest BCUT2D eigenvalue weighted by Gasteiger charge is -2.45. The second-order valence-corrected chi connectivity index (χ2v) is 8.91. The monoisotopic (exact) mass is 406 g/mol. The van der Waals surface area contributed by atoms with Gasteiger partial charge in [0.1, 0.15) is 5.78 Å². The van der Waals surface area contributed by atoms with E-state index in [0.717, 1.165) is 32.1 Å². The average Bonchev–Trinajstić information content (AvgIpc) is 2.90. The predicted octanol–water partition coefficient (Wildman–Crippen LogP) is 4.42. The van der Waals surface area contributed by atoms with Crippen molar-refractivity contribution >= 4 is 11.8 Å². The first-order valence-electron chi connectivity index (χ1n) is 11.3. The van der Waals surface area contributed by atoms with Gasteiger partial charge in [-0.1, -0.05) is 50.5 Å². The molecule has 0 radical (unpaired) electrons. The minimum atomic E-state index is -0.793. The van der Waals surface area contributed by atoms with Crippen LogP contribution in [-0.4, -0.2) is 39.3 Å². The van der Waals surface area contributed by atoms with Crippen molar-refractivity contribution in [1.82, 2.24) is 0 Å². The van der Waals surface area contributed by atoms with Gasteiger partial charge in [0.15, 0.2) is 0 Å². The zero-order valence-corrected chi connectivity index (χ0v) is 17.8. The first kappa shape index (κ1) is 23.8. The van der Waals surface area contributed by atoms with Crippen LogP contribution in [0, 0.1) is 17.3 Å². The fourth-order valence-corrected chi connectivity index (χ4v) is 4.78. The molecule has 2 aliphatic carbocycles. The van der Waals surface area contributed by atoms with Gasteiger partial charge < -0.3 is 15.3 Å². The Balaban J connectivity index is 1.85. The van der Waals surface area contributed by atoms with E-state index >= 15 is 0 Å². The second kappa shape index (κ2) is 11.7. The Kier molecular flexibility index (Phi) is 9.57. The highest BCUT2D eigenvalue weighted by Crippen LogP contribution is 2.49. The van der Waals surface area contributed by atoms with E-state index in [-0.39, 0.29) is 42.0 Å². The van der Waals surface area contributed by atoms with Gasteiger partial charge in [0.2, 0.25) is 0 Å². The summed E-state index contributed by atoms with van der Waals surface area (Å²) in [7, 11) is 0. The molecule has 0 spiro atoms. The summed E-state index contributed by atoms with van der Waals surface area (Å²) in [4.78, 5) is 22.8. The number of aliphatic hydroxyl groups excluding tert-OH is 2. The van der Waals surface area contributed by atoms with E-state index in [1.54, 1.807) is 0 Å². The SMILES string of the molecule is CCCCC1(C(O)CC=C[C@H]2[C@H](O)CC(=O)[C@@H]2C/C=C\CCCC(=O)O)CCC1. The van der Waals surface area contributed by atoms with E-state index in [1.165, 1.54) is 6.42 Å². The van der Waals surface area contributed by atoms with Gasteiger partial charge in [-0.3, -0.25) is 9.59 Å². The molecule has 2 rings (SSSR count). The first-order valence-corrected chi connectivity index (χ1v) is 11.3. The fourth-order valence-electron chi connectivity index (χ4n) is 4.78. The molecule has 5 heteroatoms. The minimum Gasteiger partial charge on any atom is -0.481 e. The molecule has 0 aromatic rings. The number of carboxylic acid groups (broad SMARTS) is 1. The molecular weight excluding hydrogens is 368 g/mol. The molecule has 0 aliphatic heterocycles. The number of Topliss-reactive ketones (excluding diaryl/α,β-unsaturated/α-hetero) is 1. The molecule has 0 heterocycles. The molecule has 0 bridgehead atoms. The van der Waals surface area contributed by atoms with Gasteiger partial charge in [0.05, 0.1) is 12.2 Å². The lowest BCUT2D eigenvalue weighted by atomic mass is 9.62. The normalized spacial score (nSPS) is 27.6. The molecule has 0 aromatic heterocycles. The summed E-state index contributed by atoms with van der Waals surface area (Å²) < 4.78 is 0. The molecule has 164 valence electrons. The summed E-state index contributed by atoms with van der Waals surface area (Å²) in [6.07, 6.45) is 16.3. The Morgan fingerprint density at radius 2 is 2.00 bits per heavy atom. The summed E-state index contributed by atoms with van der Waals surface area (Å²) in [5.74, 6) is -1.14. The molecule has 0 aromatic carbocycles. The number of carbonyl (C=O) groups is 2. The van der Waals surface area contributed by atoms with E-state index < -0.39 is 12.1 Å². The third kappa shape index (κ3) is 6.78. The number of aliphatic carboxylic acids is 1. The van der Waals surface area contributed by atoms with Crippen molar-refractivity contribution in [1.29, 1.82) is 0 Å². The van der Waals surface area contributed by atoms with Gasteiger partial charge in [-0.15, -0.1) is 0 Å². The minimum absolute atomic E-state index is 0.0720. The van der Waals surface area contributed by atoms with Crippen LogP contribution < -0.4 is 0 Å². The van der Waals surface area contributed by atoms with Crippen LogP contribution in [0.2, 0.25) is 0 Å². The molecule has 3 N–H and O–H groups in total. The lowest BCUT2D eigenvalue weighted by Crippen LogP contribution is -2.41. The zero-order valence-electron chi connectivity index (χ0n) is 17.8. The van der Waals surface area contributed by atoms with Crippen LogP contribution in [0.25, 0.3) is 0 Å². The van der Waals surface area contributed by atoms with Gasteiger partial charge in [-0.05, 0) is 50.4 Å². The van der Waals surface area contributed by atoms with Gasteiger partial charge >= 0.3 is 5.97 Å². The Morgan fingerprint density at radius 1 is 1.24 bits per heavy atom. The van der Waals surface area contributed by atoms with Crippen molar-refractivity contribution in [2.75, 3.05) is 0 Å². The number of carboxylic acids is 1. The zero-order chi connectivity index (χ0) is 21.3. The van der Waals surface area contributed by atoms with Crippen LogP contribution in [-0.2, 0) is 9.59 Å². The van der Waals surface area contributed by atoms with E-state index in [1.807, 2.05) is 24.3 Å². The maximum Gasteiger partial charge on any atom is 0.303 e. The fraction of sp³-hybridized carbons (Fsp3) is 0.750. The number of hydrogen-bond acceptors (Lipinski definition) is 4. The second-order valence-electron chi connectivity index (χ2n) is 8.91. The van der Waals surface area contributed by atoms with Crippen molar-refractivity contribution in [2.24, 2.45) is 17.3 Å². The Labute approximate surface area is 174 Å². The van der Waals surface area contributed by atoms with Crippen LogP contribution in [0.4, 0.5) is 0 Å². The molecular formula is C24H38O5. The highest BCUT2D eigenvalue weighted by atomic mass is 16.4. The van der Waals surface area contributed by atoms with Crippen molar-refractivity contribution in [3.05, 3.63) is 24.3 Å². The Morgan fingerprint density at radius 3 is 2.62 bits per heavy atom. The highest BCUT2D eigenvalue weighted by molar-refractivity contribution is 5.84. The lowest BCUT2D eigenvalue weighted by molar-refractivity contribution is -0.137. The van der Waals surface area contributed by atoms with Crippen molar-refractivity contribution in [2.45, 2.75) is 96.2 Å². The summed E-state index contributed by atoms with van der Waals surface area (Å²) >= 11 is 0. The quantitative estimate of drug-likeness (QED) is 0.311. The van der Waals surface area contributed by atoms with Crippen molar-refractivity contribution < 1.29 is 24.9 Å². The Bertz CT molecular complexity index is 590. The van der Waals surface area contributed by atoms with E-state index in [2.05, 4.69) is 6.92 Å². The number of hydrogen-bond donors (Lipinski definition) is 3. The van der Waals surface area contributed by atoms with Gasteiger partial charge in [0.25, 0.3) is 0 Å². The number of carbonyl (C=O) groups excluding carboxylic acids is 1. The molecule has 29 heavy (non-hydrogen) atoms. The highest BCUT2D eigenvalue weighted by Gasteiger charge is 2.42. The topological polar surface area (TPSA) is 94.8 Å². The van der Waals surface area contributed by atoms with Gasteiger partial charge in [-0.2, -0.15) is 0 Å². The summed E-state index contributed by atoms with van der Waals surface area (Å²) in [5.41, 5.74) is 0.0720. The van der Waals surface area contributed by atoms with E-state index in [9.17, 15) is 19.8 Å². The molecule has 2 saturated carbocycles. The number of ketones is 1. The van der Waals surface area contributed by atoms with E-state index in [4.69, 9.17) is 5.11 Å². The van der Waals surface area contributed by atoms with E-state index in [0.29, 0.717) is 25.7 Å². The standard InChI is InChI=1S/C24H38O5/c1-2-3-14-24(15-9-16-24)22(27)12-8-11-19-18(20(25)17-21(19)26)10-6-4-5-7-13-23(28)29/h4,6,8,11,18-19,21-22,26-27H,2-3,5,7,9-10,12-17H2,1H3,(H,28,29)/b6-4-,11-8?/t18-,19-,21-,22?/m1/s1. The third-order valence-corrected chi connectivity index (χ3v) is 6.85. The molecule has 2 fully saturated rings. The third-order valence-electron chi connectivity index (χ3n) is 6.85. The maximum atomic E-state index is 12.3. The van der Waals surface area contributed by atoms with Crippen LogP contribution >= 0.6 is 0 Å². The molecule has 2 aliphatic rings. The molecule has 0 saturated heterocycles.